The molecule has 24 heavy (non-hydrogen) atoms. The molecule has 1 atom stereocenters. The van der Waals surface area contributed by atoms with Gasteiger partial charge in [0.05, 0.1) is 10.8 Å². The van der Waals surface area contributed by atoms with Crippen molar-refractivity contribution < 1.29 is 9.59 Å². The molecule has 0 unspecified atom stereocenters. The van der Waals surface area contributed by atoms with Crippen LogP contribution in [0.25, 0.3) is 10.7 Å². The molecule has 3 heterocycles. The fourth-order valence-corrected chi connectivity index (χ4v) is 3.27. The van der Waals surface area contributed by atoms with Crippen LogP contribution in [0.5, 0.6) is 0 Å². The number of benzene rings is 1. The quantitative estimate of drug-likeness (QED) is 0.737. The molecule has 4 rings (SSSR count). The predicted molar refractivity (Wildman–Crippen MR) is 88.9 cm³/mol. The Kier molecular flexibility index (Phi) is 3.46. The Hall–Kier alpha value is -2.87. The fourth-order valence-electron chi connectivity index (χ4n) is 2.62. The Bertz CT molecular complexity index is 932. The smallest absolute Gasteiger partial charge is 0.231 e. The second-order valence-corrected chi connectivity index (χ2v) is 6.50. The summed E-state index contributed by atoms with van der Waals surface area (Å²) in [7, 11) is 0. The number of thiophene rings is 1. The average Bonchev–Trinajstić information content (AvgIpc) is 3.29. The summed E-state index contributed by atoms with van der Waals surface area (Å²) < 4.78 is 0. The van der Waals surface area contributed by atoms with E-state index in [9.17, 15) is 9.59 Å². The van der Waals surface area contributed by atoms with Crippen LogP contribution in [-0.2, 0) is 11.3 Å². The molecule has 0 spiro atoms. The number of tetrazole rings is 1. The highest BCUT2D eigenvalue weighted by Crippen LogP contribution is 2.32. The number of hydrogen-bond acceptors (Lipinski definition) is 6. The van der Waals surface area contributed by atoms with Gasteiger partial charge in [-0.1, -0.05) is 6.07 Å². The molecular weight excluding hydrogens is 326 g/mol. The number of Topliss-reactive ketones (excluding diaryl/α,β-unsaturated/α-hetero) is 1. The summed E-state index contributed by atoms with van der Waals surface area (Å²) in [6.45, 7) is 1.83. The molecule has 120 valence electrons. The van der Waals surface area contributed by atoms with Crippen molar-refractivity contribution in [3.8, 4) is 10.7 Å². The Balaban J connectivity index is 1.54. The van der Waals surface area contributed by atoms with Crippen molar-refractivity contribution in [1.82, 2.24) is 20.2 Å². The summed E-state index contributed by atoms with van der Waals surface area (Å²) in [6.07, 6.45) is 0. The van der Waals surface area contributed by atoms with Crippen LogP contribution in [0.2, 0.25) is 0 Å². The third-order valence-corrected chi connectivity index (χ3v) is 4.84. The third-order valence-electron chi connectivity index (χ3n) is 3.97. The summed E-state index contributed by atoms with van der Waals surface area (Å²) >= 11 is 1.52. The van der Waals surface area contributed by atoms with Crippen LogP contribution in [0, 0.1) is 0 Å². The molecule has 2 aromatic heterocycles. The van der Waals surface area contributed by atoms with Crippen LogP contribution >= 0.6 is 11.3 Å². The van der Waals surface area contributed by atoms with Crippen molar-refractivity contribution in [2.24, 2.45) is 0 Å². The summed E-state index contributed by atoms with van der Waals surface area (Å²) in [5, 5.41) is 16.9. The van der Waals surface area contributed by atoms with Crippen molar-refractivity contribution in [1.29, 1.82) is 0 Å². The van der Waals surface area contributed by atoms with Crippen LogP contribution < -0.4 is 5.32 Å². The van der Waals surface area contributed by atoms with Gasteiger partial charge >= 0.3 is 0 Å². The van der Waals surface area contributed by atoms with E-state index in [1.807, 2.05) is 24.4 Å². The summed E-state index contributed by atoms with van der Waals surface area (Å²) in [5.41, 5.74) is 2.15. The van der Waals surface area contributed by atoms with Gasteiger partial charge in [-0.05, 0) is 47.3 Å². The number of carbonyl (C=O) groups excluding carboxylic acids is 2. The molecule has 0 radical (unpaired) electrons. The highest BCUT2D eigenvalue weighted by atomic mass is 32.1. The van der Waals surface area contributed by atoms with Gasteiger partial charge in [-0.15, -0.1) is 21.5 Å². The normalized spacial score (nSPS) is 16.0. The van der Waals surface area contributed by atoms with Crippen LogP contribution in [0.3, 0.4) is 0 Å². The van der Waals surface area contributed by atoms with E-state index >= 15 is 0 Å². The largest absolute Gasteiger partial charge is 0.325 e. The predicted octanol–water partition coefficient (Wildman–Crippen LogP) is 2.34. The number of anilines is 1. The lowest BCUT2D eigenvalue weighted by Crippen LogP contribution is -2.13. The van der Waals surface area contributed by atoms with E-state index < -0.39 is 0 Å². The maximum Gasteiger partial charge on any atom is 0.231 e. The minimum Gasteiger partial charge on any atom is -0.325 e. The van der Waals surface area contributed by atoms with Gasteiger partial charge in [-0.25, -0.2) is 0 Å². The number of hydrogen-bond donors (Lipinski definition) is 1. The molecule has 0 fully saturated rings. The number of carbonyl (C=O) groups is 2. The van der Waals surface area contributed by atoms with Crippen molar-refractivity contribution in [2.45, 2.75) is 19.4 Å². The van der Waals surface area contributed by atoms with Crippen molar-refractivity contribution in [2.75, 3.05) is 5.32 Å². The van der Waals surface area contributed by atoms with Gasteiger partial charge < -0.3 is 5.32 Å². The van der Waals surface area contributed by atoms with Crippen LogP contribution in [-0.4, -0.2) is 31.9 Å². The van der Waals surface area contributed by atoms with Gasteiger partial charge in [-0.2, -0.15) is 4.80 Å². The molecule has 3 aromatic rings. The summed E-state index contributed by atoms with van der Waals surface area (Å²) in [4.78, 5) is 26.4. The minimum atomic E-state index is -0.248. The van der Waals surface area contributed by atoms with E-state index in [0.717, 1.165) is 16.1 Å². The molecule has 1 aliphatic rings. The SMILES string of the molecule is C[C@@H]1C(=O)Nc2ccc(C(=O)Cn3nnc(-c4cccs4)n3)cc21. The Morgan fingerprint density at radius 2 is 2.25 bits per heavy atom. The Labute approximate surface area is 141 Å². The number of fused-ring (bicyclic) bond motifs is 1. The average molecular weight is 339 g/mol. The molecule has 0 saturated carbocycles. The van der Waals surface area contributed by atoms with E-state index in [1.165, 1.54) is 16.1 Å². The van der Waals surface area contributed by atoms with Gasteiger partial charge in [0.1, 0.15) is 6.54 Å². The first kappa shape index (κ1) is 14.7. The molecule has 0 aliphatic carbocycles. The molecule has 0 saturated heterocycles. The maximum atomic E-state index is 12.5. The summed E-state index contributed by atoms with van der Waals surface area (Å²) in [5.74, 6) is 0.0884. The molecule has 8 heteroatoms. The zero-order valence-corrected chi connectivity index (χ0v) is 13.6. The van der Waals surface area contributed by atoms with Crippen LogP contribution in [0.15, 0.2) is 35.7 Å². The minimum absolute atomic E-state index is 0.00686. The summed E-state index contributed by atoms with van der Waals surface area (Å²) in [6, 6.07) is 9.04. The molecule has 1 aromatic carbocycles. The lowest BCUT2D eigenvalue weighted by atomic mass is 9.99. The van der Waals surface area contributed by atoms with E-state index in [0.29, 0.717) is 11.4 Å². The lowest BCUT2D eigenvalue weighted by molar-refractivity contribution is -0.116. The van der Waals surface area contributed by atoms with Gasteiger partial charge in [-0.3, -0.25) is 9.59 Å². The Morgan fingerprint density at radius 1 is 1.38 bits per heavy atom. The van der Waals surface area contributed by atoms with Gasteiger partial charge in [0, 0.05) is 11.3 Å². The highest BCUT2D eigenvalue weighted by Gasteiger charge is 2.27. The van der Waals surface area contributed by atoms with Crippen molar-refractivity contribution in [3.63, 3.8) is 0 Å². The first-order valence-electron chi connectivity index (χ1n) is 7.41. The number of aromatic nitrogens is 4. The van der Waals surface area contributed by atoms with E-state index in [2.05, 4.69) is 20.7 Å². The molecule has 1 aliphatic heterocycles. The van der Waals surface area contributed by atoms with Crippen molar-refractivity contribution >= 4 is 28.7 Å². The topological polar surface area (TPSA) is 89.8 Å². The molecular formula is C16H13N5O2S. The number of nitrogens with zero attached hydrogens (tertiary/aromatic N) is 4. The monoisotopic (exact) mass is 339 g/mol. The van der Waals surface area contributed by atoms with Gasteiger partial charge in [0.25, 0.3) is 0 Å². The van der Waals surface area contributed by atoms with Crippen LogP contribution in [0.1, 0.15) is 28.8 Å². The maximum absolute atomic E-state index is 12.5. The van der Waals surface area contributed by atoms with E-state index in [4.69, 9.17) is 0 Å². The Morgan fingerprint density at radius 3 is 3.04 bits per heavy atom. The standard InChI is InChI=1S/C16H13N5O2S/c1-9-11-7-10(4-5-12(11)17-16(9)23)13(22)8-21-19-15(18-20-21)14-3-2-6-24-14/h2-7,9H,8H2,1H3,(H,17,23)/t9-/m0/s1. The number of nitrogens with one attached hydrogen (secondary N) is 1. The zero-order valence-electron chi connectivity index (χ0n) is 12.8. The first-order chi connectivity index (χ1) is 11.6. The highest BCUT2D eigenvalue weighted by molar-refractivity contribution is 7.13. The zero-order chi connectivity index (χ0) is 16.7. The second-order valence-electron chi connectivity index (χ2n) is 5.56. The first-order valence-corrected chi connectivity index (χ1v) is 8.29. The van der Waals surface area contributed by atoms with Gasteiger partial charge in [0.15, 0.2) is 5.78 Å². The number of rotatable bonds is 4. The number of ketones is 1. The van der Waals surface area contributed by atoms with Gasteiger partial charge in [0.2, 0.25) is 11.7 Å². The third kappa shape index (κ3) is 2.50. The second kappa shape index (κ2) is 5.64. The van der Waals surface area contributed by atoms with E-state index in [-0.39, 0.29) is 24.2 Å². The molecule has 1 N–H and O–H groups in total. The molecule has 7 nitrogen and oxygen atoms in total. The lowest BCUT2D eigenvalue weighted by Gasteiger charge is -2.05. The number of amides is 1. The molecule has 1 amide bonds. The van der Waals surface area contributed by atoms with Crippen molar-refractivity contribution in [3.05, 3.63) is 46.8 Å². The van der Waals surface area contributed by atoms with Crippen LogP contribution in [0.4, 0.5) is 5.69 Å². The van der Waals surface area contributed by atoms with E-state index in [1.54, 1.807) is 18.2 Å². The fraction of sp³-hybridized carbons (Fsp3) is 0.188. The molecule has 0 bridgehead atoms.